The van der Waals surface area contributed by atoms with E-state index in [0.29, 0.717) is 47.7 Å². The van der Waals surface area contributed by atoms with Crippen LogP contribution in [-0.4, -0.2) is 108 Å². The predicted octanol–water partition coefficient (Wildman–Crippen LogP) is 2.03. The second-order valence-electron chi connectivity index (χ2n) is 13.1. The number of aryl methyl sites for hydroxylation is 1. The van der Waals surface area contributed by atoms with Crippen molar-refractivity contribution in [2.75, 3.05) is 34.4 Å². The zero-order valence-corrected chi connectivity index (χ0v) is 29.6. The number of carbonyl (C=O) groups excluding carboxylic acids is 3. The highest BCUT2D eigenvalue weighted by atomic mass is 32.2. The van der Waals surface area contributed by atoms with Gasteiger partial charge in [-0.05, 0) is 57.7 Å². The average molecular weight is 710 g/mol. The van der Waals surface area contributed by atoms with Gasteiger partial charge in [0, 0.05) is 62.5 Å². The van der Waals surface area contributed by atoms with E-state index < -0.39 is 51.7 Å². The fourth-order valence-corrected chi connectivity index (χ4v) is 7.13. The molecule has 3 aromatic rings. The largest absolute Gasteiger partial charge is 0.496 e. The maximum atomic E-state index is 14.2. The number of nitrogens with one attached hydrogen (secondary N) is 2. The number of amides is 3. The van der Waals surface area contributed by atoms with Gasteiger partial charge in [-0.3, -0.25) is 14.4 Å². The first kappa shape index (κ1) is 35.3. The van der Waals surface area contributed by atoms with Gasteiger partial charge in [-0.1, -0.05) is 12.2 Å². The topological polar surface area (TPSA) is 174 Å². The van der Waals surface area contributed by atoms with E-state index in [4.69, 9.17) is 19.2 Å². The molecule has 5 atom stereocenters. The van der Waals surface area contributed by atoms with Crippen LogP contribution >= 0.6 is 0 Å². The van der Waals surface area contributed by atoms with Gasteiger partial charge < -0.3 is 24.4 Å². The lowest BCUT2D eigenvalue weighted by atomic mass is 10.1. The SMILES string of the molecule is COc1ccc2c(O[C@@H]3C[C@H]4C(=O)N[C@]5(C(=O)NS(=O)(=O)N(C)C)C[C@H]5/C=C\CCCCO[C@H](C)C(=O)N4C3)cc(-n3cccn3)nc2c1C. The Labute approximate surface area is 291 Å². The summed E-state index contributed by atoms with van der Waals surface area (Å²) in [5.74, 6) is -0.592. The number of carbonyl (C=O) groups is 3. The number of nitrogens with zero attached hydrogens (tertiary/aromatic N) is 5. The molecule has 16 heteroatoms. The first-order valence-electron chi connectivity index (χ1n) is 16.6. The Morgan fingerprint density at radius 1 is 1.20 bits per heavy atom. The number of hydrogen-bond acceptors (Lipinski definition) is 10. The van der Waals surface area contributed by atoms with Crippen LogP contribution in [0.5, 0.6) is 11.5 Å². The monoisotopic (exact) mass is 709 g/mol. The highest BCUT2D eigenvalue weighted by Crippen LogP contribution is 2.46. The van der Waals surface area contributed by atoms with Crippen LogP contribution in [0.3, 0.4) is 0 Å². The molecule has 0 radical (unpaired) electrons. The van der Waals surface area contributed by atoms with Crippen LogP contribution in [0.15, 0.2) is 48.8 Å². The van der Waals surface area contributed by atoms with Gasteiger partial charge in [0.1, 0.15) is 35.3 Å². The lowest BCUT2D eigenvalue weighted by Gasteiger charge is -2.28. The molecular weight excluding hydrogens is 666 g/mol. The molecule has 2 aromatic heterocycles. The fraction of sp³-hybridized carbons (Fsp3) is 0.500. The maximum Gasteiger partial charge on any atom is 0.303 e. The van der Waals surface area contributed by atoms with Crippen molar-refractivity contribution < 1.29 is 37.0 Å². The van der Waals surface area contributed by atoms with Crippen molar-refractivity contribution in [2.45, 2.75) is 69.7 Å². The minimum atomic E-state index is -4.13. The minimum Gasteiger partial charge on any atom is -0.496 e. The van der Waals surface area contributed by atoms with Gasteiger partial charge in [0.2, 0.25) is 5.91 Å². The first-order valence-corrected chi connectivity index (χ1v) is 18.1. The number of rotatable bonds is 7. The summed E-state index contributed by atoms with van der Waals surface area (Å²) < 4.78 is 47.9. The van der Waals surface area contributed by atoms with E-state index in [1.807, 2.05) is 31.2 Å². The fourth-order valence-electron chi connectivity index (χ4n) is 6.54. The van der Waals surface area contributed by atoms with Crippen molar-refractivity contribution in [1.29, 1.82) is 0 Å². The summed E-state index contributed by atoms with van der Waals surface area (Å²) >= 11 is 0. The molecule has 2 aliphatic heterocycles. The summed E-state index contributed by atoms with van der Waals surface area (Å²) in [6, 6.07) is 6.20. The van der Waals surface area contributed by atoms with Crippen molar-refractivity contribution in [3.05, 3.63) is 54.4 Å². The maximum absolute atomic E-state index is 14.2. The molecule has 2 fully saturated rings. The Morgan fingerprint density at radius 2 is 2.00 bits per heavy atom. The van der Waals surface area contributed by atoms with Gasteiger partial charge >= 0.3 is 10.2 Å². The summed E-state index contributed by atoms with van der Waals surface area (Å²) in [5.41, 5.74) is -0.0516. The number of ether oxygens (including phenoxy) is 3. The summed E-state index contributed by atoms with van der Waals surface area (Å²) in [5, 5.41) is 7.90. The molecule has 1 aliphatic carbocycles. The highest BCUT2D eigenvalue weighted by molar-refractivity contribution is 7.87. The summed E-state index contributed by atoms with van der Waals surface area (Å²) in [6.07, 6.45) is 8.25. The molecule has 2 N–H and O–H groups in total. The smallest absolute Gasteiger partial charge is 0.303 e. The lowest BCUT2D eigenvalue weighted by molar-refractivity contribution is -0.147. The van der Waals surface area contributed by atoms with Gasteiger partial charge in [-0.2, -0.15) is 17.8 Å². The van der Waals surface area contributed by atoms with E-state index in [9.17, 15) is 22.8 Å². The number of aromatic nitrogens is 3. The molecule has 15 nitrogen and oxygen atoms in total. The lowest BCUT2D eigenvalue weighted by Crippen LogP contribution is -2.57. The van der Waals surface area contributed by atoms with Crippen LogP contribution in [0.1, 0.15) is 44.6 Å². The van der Waals surface area contributed by atoms with Gasteiger partial charge in [0.25, 0.3) is 11.8 Å². The molecule has 1 aromatic carbocycles. The number of benzene rings is 1. The summed E-state index contributed by atoms with van der Waals surface area (Å²) in [6.45, 7) is 3.99. The van der Waals surface area contributed by atoms with Crippen LogP contribution in [0, 0.1) is 12.8 Å². The summed E-state index contributed by atoms with van der Waals surface area (Å²) in [4.78, 5) is 47.9. The Bertz CT molecular complexity index is 1920. The number of pyridine rings is 1. The van der Waals surface area contributed by atoms with E-state index in [1.54, 1.807) is 43.2 Å². The molecule has 3 aliphatic rings. The molecule has 1 saturated carbocycles. The molecule has 50 heavy (non-hydrogen) atoms. The van der Waals surface area contributed by atoms with Crippen LogP contribution in [0.4, 0.5) is 0 Å². The number of allylic oxidation sites excluding steroid dienone is 1. The van der Waals surface area contributed by atoms with Gasteiger partial charge in [0.15, 0.2) is 5.82 Å². The number of methoxy groups -OCH3 is 1. The highest BCUT2D eigenvalue weighted by Gasteiger charge is 2.61. The molecule has 0 unspecified atom stereocenters. The third-order valence-corrected chi connectivity index (χ3v) is 11.0. The zero-order chi connectivity index (χ0) is 35.8. The third kappa shape index (κ3) is 6.91. The standard InChI is InChI=1S/C34H43N7O8S/c1-21-27(47-5)13-12-25-28(18-29(36-30(21)25)41-15-10-14-35-41)49-24-17-26-31(42)37-34(33(44)38-50(45,46)39(3)4)19-23(34)11-8-6-7-9-16-48-22(2)32(43)40(26)20-24/h8,10-15,18,22-24,26H,6-7,9,16-17,19-20H2,1-5H3,(H,37,42)(H,38,44)/b11-8-/t22-,23-,24-,26+,34-/m1/s1. The van der Waals surface area contributed by atoms with Gasteiger partial charge in [-0.25, -0.2) is 14.4 Å². The zero-order valence-electron chi connectivity index (χ0n) is 28.8. The number of hydrogen-bond donors (Lipinski definition) is 2. The molecule has 268 valence electrons. The number of fused-ring (bicyclic) bond motifs is 3. The van der Waals surface area contributed by atoms with E-state index in [2.05, 4.69) is 15.1 Å². The van der Waals surface area contributed by atoms with Crippen LogP contribution in [0.25, 0.3) is 16.7 Å². The van der Waals surface area contributed by atoms with E-state index in [0.717, 1.165) is 16.3 Å². The molecule has 3 amide bonds. The van der Waals surface area contributed by atoms with Crippen molar-refractivity contribution in [1.82, 2.24) is 34.0 Å². The van der Waals surface area contributed by atoms with Gasteiger partial charge in [0.05, 0.1) is 19.2 Å². The Morgan fingerprint density at radius 3 is 2.72 bits per heavy atom. The Kier molecular flexibility index (Phi) is 9.88. The molecule has 6 rings (SSSR count). The van der Waals surface area contributed by atoms with Crippen molar-refractivity contribution in [3.8, 4) is 17.3 Å². The third-order valence-electron chi connectivity index (χ3n) is 9.55. The molecular formula is C34H43N7O8S. The van der Waals surface area contributed by atoms with E-state index >= 15 is 0 Å². The van der Waals surface area contributed by atoms with Crippen molar-refractivity contribution in [3.63, 3.8) is 0 Å². The minimum absolute atomic E-state index is 0.0677. The van der Waals surface area contributed by atoms with Crippen LogP contribution < -0.4 is 19.5 Å². The van der Waals surface area contributed by atoms with Crippen molar-refractivity contribution >= 4 is 38.8 Å². The quantitative estimate of drug-likeness (QED) is 0.346. The molecule has 4 heterocycles. The molecule has 0 spiro atoms. The average Bonchev–Trinajstić information content (AvgIpc) is 3.39. The Hall–Kier alpha value is -4.54. The second-order valence-corrected chi connectivity index (χ2v) is 15.0. The predicted molar refractivity (Wildman–Crippen MR) is 183 cm³/mol. The second kappa shape index (κ2) is 14.0. The normalized spacial score (nSPS) is 26.7. The van der Waals surface area contributed by atoms with E-state index in [1.165, 1.54) is 19.0 Å². The van der Waals surface area contributed by atoms with Crippen LogP contribution in [0.2, 0.25) is 0 Å². The Balaban J connectivity index is 1.33. The molecule has 1 saturated heterocycles. The molecule has 0 bridgehead atoms. The van der Waals surface area contributed by atoms with Crippen LogP contribution in [-0.2, 0) is 29.3 Å². The summed E-state index contributed by atoms with van der Waals surface area (Å²) in [7, 11) is 0.0723. The van der Waals surface area contributed by atoms with Crippen molar-refractivity contribution in [2.24, 2.45) is 5.92 Å². The first-order chi connectivity index (χ1) is 23.8. The van der Waals surface area contributed by atoms with Gasteiger partial charge in [-0.15, -0.1) is 0 Å². The van der Waals surface area contributed by atoms with E-state index in [-0.39, 0.29) is 25.3 Å².